The van der Waals surface area contributed by atoms with E-state index in [9.17, 15) is 0 Å². The number of nitrogens with zero attached hydrogens (tertiary/aromatic N) is 2. The van der Waals surface area contributed by atoms with Crippen molar-refractivity contribution in [3.8, 4) is 0 Å². The van der Waals surface area contributed by atoms with Crippen molar-refractivity contribution in [2.45, 2.75) is 39.2 Å². The van der Waals surface area contributed by atoms with Gasteiger partial charge in [-0.25, -0.2) is 0 Å². The molecule has 4 heteroatoms. The van der Waals surface area contributed by atoms with Crippen molar-refractivity contribution < 1.29 is 0 Å². The van der Waals surface area contributed by atoms with Gasteiger partial charge in [-0.2, -0.15) is 0 Å². The van der Waals surface area contributed by atoms with Crippen molar-refractivity contribution >= 4 is 28.2 Å². The predicted octanol–water partition coefficient (Wildman–Crippen LogP) is 4.52. The van der Waals surface area contributed by atoms with Crippen LogP contribution in [-0.4, -0.2) is 16.2 Å². The van der Waals surface area contributed by atoms with Gasteiger partial charge in [0.1, 0.15) is 0 Å². The quantitative estimate of drug-likeness (QED) is 0.883. The van der Waals surface area contributed by atoms with E-state index in [4.69, 9.17) is 11.6 Å². The van der Waals surface area contributed by atoms with Crippen LogP contribution in [0, 0.1) is 11.8 Å². The van der Waals surface area contributed by atoms with Gasteiger partial charge in [-0.15, -0.1) is 10.2 Å². The molecule has 3 unspecified atom stereocenters. The summed E-state index contributed by atoms with van der Waals surface area (Å²) in [5, 5.41) is 14.4. The monoisotopic (exact) mass is 289 g/mol. The van der Waals surface area contributed by atoms with Crippen LogP contribution in [0.15, 0.2) is 24.3 Å². The van der Waals surface area contributed by atoms with E-state index in [1.54, 1.807) is 0 Å². The highest BCUT2D eigenvalue weighted by molar-refractivity contribution is 6.34. The van der Waals surface area contributed by atoms with Gasteiger partial charge in [0.15, 0.2) is 11.0 Å². The van der Waals surface area contributed by atoms with Gasteiger partial charge in [-0.05, 0) is 31.1 Å². The minimum atomic E-state index is 0.469. The maximum absolute atomic E-state index is 6.12. The Morgan fingerprint density at radius 2 is 1.85 bits per heavy atom. The molecule has 0 radical (unpaired) electrons. The van der Waals surface area contributed by atoms with E-state index in [0.717, 1.165) is 22.5 Å². The van der Waals surface area contributed by atoms with Gasteiger partial charge in [-0.1, -0.05) is 49.7 Å². The molecule has 1 heterocycles. The molecule has 1 fully saturated rings. The zero-order chi connectivity index (χ0) is 14.1. The molecule has 1 aromatic carbocycles. The summed E-state index contributed by atoms with van der Waals surface area (Å²) in [5.41, 5.74) is 0. The number of rotatable bonds is 2. The summed E-state index contributed by atoms with van der Waals surface area (Å²) >= 11 is 6.12. The SMILES string of the molecule is CC1CCC(Nc2nnc(Cl)c3ccccc23)C(C)C1. The molecule has 3 rings (SSSR count). The molecular weight excluding hydrogens is 270 g/mol. The van der Waals surface area contributed by atoms with E-state index in [2.05, 4.69) is 29.4 Å². The third-order valence-corrected chi connectivity index (χ3v) is 4.68. The van der Waals surface area contributed by atoms with E-state index in [-0.39, 0.29) is 0 Å². The van der Waals surface area contributed by atoms with Crippen molar-refractivity contribution in [2.24, 2.45) is 11.8 Å². The molecule has 1 aliphatic carbocycles. The standard InChI is InChI=1S/C16H20ClN3/c1-10-7-8-14(11(2)9-10)18-16-13-6-4-3-5-12(13)15(17)19-20-16/h3-6,10-11,14H,7-9H2,1-2H3,(H,18,20). The highest BCUT2D eigenvalue weighted by atomic mass is 35.5. The number of hydrogen-bond acceptors (Lipinski definition) is 3. The molecule has 1 N–H and O–H groups in total. The number of aromatic nitrogens is 2. The van der Waals surface area contributed by atoms with Crippen molar-refractivity contribution in [2.75, 3.05) is 5.32 Å². The lowest BCUT2D eigenvalue weighted by molar-refractivity contribution is 0.276. The van der Waals surface area contributed by atoms with Crippen molar-refractivity contribution in [1.29, 1.82) is 0 Å². The van der Waals surface area contributed by atoms with E-state index in [1.807, 2.05) is 24.3 Å². The van der Waals surface area contributed by atoms with Crippen LogP contribution in [-0.2, 0) is 0 Å². The van der Waals surface area contributed by atoms with Gasteiger partial charge in [0.2, 0.25) is 0 Å². The van der Waals surface area contributed by atoms with Crippen LogP contribution < -0.4 is 5.32 Å². The molecule has 0 saturated heterocycles. The maximum atomic E-state index is 6.12. The first-order chi connectivity index (χ1) is 9.65. The molecule has 20 heavy (non-hydrogen) atoms. The molecule has 3 atom stereocenters. The Bertz CT molecular complexity index is 614. The first-order valence-electron chi connectivity index (χ1n) is 7.32. The third kappa shape index (κ3) is 2.59. The van der Waals surface area contributed by atoms with Gasteiger partial charge in [0.25, 0.3) is 0 Å². The van der Waals surface area contributed by atoms with Crippen LogP contribution in [0.1, 0.15) is 33.1 Å². The average Bonchev–Trinajstić information content (AvgIpc) is 2.45. The molecule has 1 saturated carbocycles. The average molecular weight is 290 g/mol. The zero-order valence-corrected chi connectivity index (χ0v) is 12.7. The first kappa shape index (κ1) is 13.6. The molecule has 1 aromatic heterocycles. The summed E-state index contributed by atoms with van der Waals surface area (Å²) in [6.07, 6.45) is 3.75. The van der Waals surface area contributed by atoms with E-state index in [0.29, 0.717) is 17.1 Å². The fourth-order valence-electron chi connectivity index (χ4n) is 3.23. The van der Waals surface area contributed by atoms with E-state index in [1.165, 1.54) is 19.3 Å². The fourth-order valence-corrected chi connectivity index (χ4v) is 3.44. The number of hydrogen-bond donors (Lipinski definition) is 1. The lowest BCUT2D eigenvalue weighted by atomic mass is 9.80. The summed E-state index contributed by atoms with van der Waals surface area (Å²) < 4.78 is 0. The normalized spacial score (nSPS) is 26.6. The molecule has 2 aromatic rings. The summed E-state index contributed by atoms with van der Waals surface area (Å²) in [6.45, 7) is 4.66. The number of nitrogens with one attached hydrogen (secondary N) is 1. The zero-order valence-electron chi connectivity index (χ0n) is 11.9. The highest BCUT2D eigenvalue weighted by Crippen LogP contribution is 2.32. The topological polar surface area (TPSA) is 37.8 Å². The molecule has 0 bridgehead atoms. The smallest absolute Gasteiger partial charge is 0.159 e. The lowest BCUT2D eigenvalue weighted by Gasteiger charge is -2.33. The Labute approximate surface area is 124 Å². The Balaban J connectivity index is 1.90. The van der Waals surface area contributed by atoms with Crippen LogP contribution in [0.25, 0.3) is 10.8 Å². The fraction of sp³-hybridized carbons (Fsp3) is 0.500. The van der Waals surface area contributed by atoms with Crippen molar-refractivity contribution in [3.63, 3.8) is 0 Å². The lowest BCUT2D eigenvalue weighted by Crippen LogP contribution is -2.33. The maximum Gasteiger partial charge on any atom is 0.159 e. The number of anilines is 1. The van der Waals surface area contributed by atoms with E-state index >= 15 is 0 Å². The van der Waals surface area contributed by atoms with Gasteiger partial charge < -0.3 is 5.32 Å². The van der Waals surface area contributed by atoms with Crippen molar-refractivity contribution in [1.82, 2.24) is 10.2 Å². The van der Waals surface area contributed by atoms with Crippen LogP contribution in [0.2, 0.25) is 5.15 Å². The Kier molecular flexibility index (Phi) is 3.79. The van der Waals surface area contributed by atoms with Gasteiger partial charge in [0, 0.05) is 16.8 Å². The van der Waals surface area contributed by atoms with Gasteiger partial charge in [0.05, 0.1) is 0 Å². The third-order valence-electron chi connectivity index (χ3n) is 4.40. The number of fused-ring (bicyclic) bond motifs is 1. The van der Waals surface area contributed by atoms with Gasteiger partial charge >= 0.3 is 0 Å². The minimum Gasteiger partial charge on any atom is -0.365 e. The minimum absolute atomic E-state index is 0.469. The van der Waals surface area contributed by atoms with Crippen molar-refractivity contribution in [3.05, 3.63) is 29.4 Å². The Morgan fingerprint density at radius 3 is 2.60 bits per heavy atom. The number of halogens is 1. The molecule has 0 spiro atoms. The highest BCUT2D eigenvalue weighted by Gasteiger charge is 2.26. The molecule has 0 amide bonds. The first-order valence-corrected chi connectivity index (χ1v) is 7.70. The molecule has 106 valence electrons. The van der Waals surface area contributed by atoms with Crippen LogP contribution in [0.4, 0.5) is 5.82 Å². The van der Waals surface area contributed by atoms with E-state index < -0.39 is 0 Å². The molecular formula is C16H20ClN3. The second-order valence-electron chi connectivity index (χ2n) is 6.03. The second-order valence-corrected chi connectivity index (χ2v) is 6.39. The number of benzene rings is 1. The summed E-state index contributed by atoms with van der Waals surface area (Å²) in [6, 6.07) is 8.51. The predicted molar refractivity (Wildman–Crippen MR) is 84.1 cm³/mol. The van der Waals surface area contributed by atoms with Crippen LogP contribution >= 0.6 is 11.6 Å². The largest absolute Gasteiger partial charge is 0.365 e. The van der Waals surface area contributed by atoms with Gasteiger partial charge in [-0.3, -0.25) is 0 Å². The molecule has 0 aliphatic heterocycles. The Hall–Kier alpha value is -1.35. The summed E-state index contributed by atoms with van der Waals surface area (Å²) in [5.74, 6) is 2.35. The summed E-state index contributed by atoms with van der Waals surface area (Å²) in [7, 11) is 0. The summed E-state index contributed by atoms with van der Waals surface area (Å²) in [4.78, 5) is 0. The Morgan fingerprint density at radius 1 is 1.10 bits per heavy atom. The molecule has 3 nitrogen and oxygen atoms in total. The molecule has 1 aliphatic rings. The van der Waals surface area contributed by atoms with Crippen LogP contribution in [0.5, 0.6) is 0 Å². The van der Waals surface area contributed by atoms with Crippen LogP contribution in [0.3, 0.4) is 0 Å². The second kappa shape index (κ2) is 5.57.